The van der Waals surface area contributed by atoms with Crippen LogP contribution in [0.25, 0.3) is 11.0 Å². The molecule has 1 amide bonds. The van der Waals surface area contributed by atoms with Gasteiger partial charge in [-0.1, -0.05) is 20.8 Å². The fourth-order valence-electron chi connectivity index (χ4n) is 10.9. The number of anilines is 1. The van der Waals surface area contributed by atoms with Crippen LogP contribution < -0.4 is 10.9 Å². The number of aliphatic hydroxyl groups is 1. The van der Waals surface area contributed by atoms with E-state index in [2.05, 4.69) is 26.1 Å². The van der Waals surface area contributed by atoms with E-state index in [0.717, 1.165) is 48.0 Å². The molecule has 0 saturated heterocycles. The average molecular weight is 590 g/mol. The van der Waals surface area contributed by atoms with E-state index in [4.69, 9.17) is 4.42 Å². The first-order chi connectivity index (χ1) is 20.4. The Balaban J connectivity index is 1.08. The highest BCUT2D eigenvalue weighted by atomic mass is 16.4. The highest BCUT2D eigenvalue weighted by molar-refractivity contribution is 5.94. The number of aryl methyl sites for hydroxylation is 1. The number of ketones is 1. The van der Waals surface area contributed by atoms with E-state index in [0.29, 0.717) is 51.8 Å². The molecule has 4 aliphatic rings. The largest absolute Gasteiger partial charge is 0.422 e. The van der Waals surface area contributed by atoms with Crippen LogP contribution in [0, 0.1) is 53.3 Å². The summed E-state index contributed by atoms with van der Waals surface area (Å²) in [7, 11) is 0. The molecule has 6 rings (SSSR count). The van der Waals surface area contributed by atoms with E-state index < -0.39 is 5.63 Å². The van der Waals surface area contributed by atoms with Crippen molar-refractivity contribution in [2.24, 2.45) is 46.3 Å². The van der Waals surface area contributed by atoms with E-state index >= 15 is 0 Å². The molecule has 4 saturated carbocycles. The van der Waals surface area contributed by atoms with Gasteiger partial charge in [-0.05, 0) is 142 Å². The summed E-state index contributed by atoms with van der Waals surface area (Å²) in [6.07, 6.45) is 12.4. The molecule has 234 valence electrons. The summed E-state index contributed by atoms with van der Waals surface area (Å²) in [5.74, 6) is 4.20. The molecule has 0 spiro atoms. The van der Waals surface area contributed by atoms with Gasteiger partial charge in [0.15, 0.2) is 0 Å². The Kier molecular flexibility index (Phi) is 8.15. The number of aliphatic hydroxyl groups excluding tert-OH is 1. The molecule has 0 radical (unpaired) electrons. The van der Waals surface area contributed by atoms with Crippen LogP contribution in [0.5, 0.6) is 0 Å². The van der Waals surface area contributed by atoms with Crippen LogP contribution in [-0.2, 0) is 16.0 Å². The van der Waals surface area contributed by atoms with Crippen LogP contribution in [0.1, 0.15) is 109 Å². The summed E-state index contributed by atoms with van der Waals surface area (Å²) in [5, 5.41) is 14.2. The molecule has 0 bridgehead atoms. The second-order valence-electron chi connectivity index (χ2n) is 15.5. The van der Waals surface area contributed by atoms with Gasteiger partial charge >= 0.3 is 5.63 Å². The molecule has 4 aliphatic carbocycles. The summed E-state index contributed by atoms with van der Waals surface area (Å²) in [5.41, 5.74) is 2.49. The molecule has 1 aromatic heterocycles. The molecule has 2 aromatic rings. The van der Waals surface area contributed by atoms with Gasteiger partial charge in [0, 0.05) is 35.5 Å². The van der Waals surface area contributed by atoms with Gasteiger partial charge in [-0.25, -0.2) is 4.79 Å². The van der Waals surface area contributed by atoms with E-state index in [1.165, 1.54) is 51.9 Å². The number of fused-ring (bicyclic) bond motifs is 6. The van der Waals surface area contributed by atoms with E-state index in [1.54, 1.807) is 6.07 Å². The lowest BCUT2D eigenvalue weighted by Gasteiger charge is -2.61. The van der Waals surface area contributed by atoms with Crippen LogP contribution in [0.2, 0.25) is 0 Å². The molecular weight excluding hydrogens is 538 g/mol. The summed E-state index contributed by atoms with van der Waals surface area (Å²) in [6.45, 7) is 10.8. The second kappa shape index (κ2) is 11.5. The Morgan fingerprint density at radius 2 is 1.79 bits per heavy atom. The standard InChI is InChI=1S/C37H51NO5/c1-21(6-13-34(41)38-25-8-10-27-23(3)29(18-22(2)39)35(42)43-33(27)20-25)30-11-12-31-28-9-7-24-19-26(40)14-16-36(24,4)32(28)15-17-37(30,31)5/h8,10,20-21,24,26,28,30-32,40H,6-7,9,11-19H2,1-5H3,(H,38,41)/t21-,24-,26-,28+,30-,31+,32+,36+,37-/m1/s1. The van der Waals surface area contributed by atoms with Crippen molar-refractivity contribution >= 4 is 28.3 Å². The molecular formula is C37H51NO5. The van der Waals surface area contributed by atoms with Crippen LogP contribution in [0.4, 0.5) is 5.69 Å². The number of hydrogen-bond donors (Lipinski definition) is 2. The van der Waals surface area contributed by atoms with Crippen LogP contribution in [0.15, 0.2) is 27.4 Å². The predicted molar refractivity (Wildman–Crippen MR) is 170 cm³/mol. The SMILES string of the molecule is CC(=O)Cc1c(C)c2ccc(NC(=O)CC[C@@H](C)[C@H]3CC[C@H]4[C@@H]5CC[C@@H]6C[C@H](O)CC[C@]6(C)[C@H]5CC[C@]34C)cc2oc1=O. The Morgan fingerprint density at radius 1 is 1.05 bits per heavy atom. The summed E-state index contributed by atoms with van der Waals surface area (Å²) >= 11 is 0. The predicted octanol–water partition coefficient (Wildman–Crippen LogP) is 7.61. The number of hydrogen-bond acceptors (Lipinski definition) is 5. The molecule has 4 fully saturated rings. The first-order valence-electron chi connectivity index (χ1n) is 16.9. The summed E-state index contributed by atoms with van der Waals surface area (Å²) < 4.78 is 5.53. The van der Waals surface area contributed by atoms with Gasteiger partial charge in [-0.15, -0.1) is 0 Å². The lowest BCUT2D eigenvalue weighted by molar-refractivity contribution is -0.129. The van der Waals surface area contributed by atoms with Crippen molar-refractivity contribution in [1.29, 1.82) is 0 Å². The molecule has 1 heterocycles. The first kappa shape index (κ1) is 30.6. The van der Waals surface area contributed by atoms with Gasteiger partial charge in [0.05, 0.1) is 6.10 Å². The smallest absolute Gasteiger partial charge is 0.340 e. The lowest BCUT2D eigenvalue weighted by Crippen LogP contribution is -2.54. The molecule has 6 nitrogen and oxygen atoms in total. The van der Waals surface area contributed by atoms with Gasteiger partial charge in [0.1, 0.15) is 11.4 Å². The van der Waals surface area contributed by atoms with E-state index in [9.17, 15) is 19.5 Å². The first-order valence-corrected chi connectivity index (χ1v) is 16.9. The lowest BCUT2D eigenvalue weighted by atomic mass is 9.44. The maximum Gasteiger partial charge on any atom is 0.340 e. The molecule has 43 heavy (non-hydrogen) atoms. The monoisotopic (exact) mass is 589 g/mol. The highest BCUT2D eigenvalue weighted by Crippen LogP contribution is 2.68. The zero-order valence-electron chi connectivity index (χ0n) is 26.8. The van der Waals surface area contributed by atoms with Gasteiger partial charge in [-0.3, -0.25) is 9.59 Å². The Bertz CT molecular complexity index is 1460. The van der Waals surface area contributed by atoms with E-state index in [-0.39, 0.29) is 24.2 Å². The Hall–Kier alpha value is -2.47. The minimum Gasteiger partial charge on any atom is -0.422 e. The average Bonchev–Trinajstić information content (AvgIpc) is 3.31. The minimum absolute atomic E-state index is 0.00684. The third-order valence-corrected chi connectivity index (χ3v) is 13.2. The van der Waals surface area contributed by atoms with Crippen molar-refractivity contribution in [1.82, 2.24) is 0 Å². The van der Waals surface area contributed by atoms with Crippen molar-refractivity contribution in [3.63, 3.8) is 0 Å². The summed E-state index contributed by atoms with van der Waals surface area (Å²) in [4.78, 5) is 37.2. The normalized spacial score (nSPS) is 36.0. The van der Waals surface area contributed by atoms with Gasteiger partial charge in [0.25, 0.3) is 0 Å². The van der Waals surface area contributed by atoms with Crippen LogP contribution >= 0.6 is 0 Å². The number of nitrogens with one attached hydrogen (secondary N) is 1. The highest BCUT2D eigenvalue weighted by Gasteiger charge is 2.60. The fourth-order valence-corrected chi connectivity index (χ4v) is 10.9. The van der Waals surface area contributed by atoms with Gasteiger partial charge < -0.3 is 14.8 Å². The zero-order chi connectivity index (χ0) is 30.7. The number of amides is 1. The topological polar surface area (TPSA) is 96.6 Å². The quantitative estimate of drug-likeness (QED) is 0.324. The number of benzene rings is 1. The van der Waals surface area contributed by atoms with Gasteiger partial charge in [-0.2, -0.15) is 0 Å². The maximum absolute atomic E-state index is 13.1. The van der Waals surface area contributed by atoms with Crippen molar-refractivity contribution in [3.8, 4) is 0 Å². The molecule has 0 unspecified atom stereocenters. The summed E-state index contributed by atoms with van der Waals surface area (Å²) in [6, 6.07) is 5.41. The molecule has 0 aliphatic heterocycles. The van der Waals surface area contributed by atoms with Crippen molar-refractivity contribution in [2.45, 2.75) is 118 Å². The Labute approximate surface area is 256 Å². The second-order valence-corrected chi connectivity index (χ2v) is 15.5. The fraction of sp³-hybridized carbons (Fsp3) is 0.703. The van der Waals surface area contributed by atoms with Crippen molar-refractivity contribution < 1.29 is 19.1 Å². The zero-order valence-corrected chi connectivity index (χ0v) is 26.8. The van der Waals surface area contributed by atoms with Gasteiger partial charge in [0.2, 0.25) is 5.91 Å². The van der Waals surface area contributed by atoms with E-state index in [1.807, 2.05) is 19.1 Å². The Morgan fingerprint density at radius 3 is 2.56 bits per heavy atom. The number of rotatable bonds is 7. The number of carbonyl (C=O) groups is 2. The molecule has 2 N–H and O–H groups in total. The number of carbonyl (C=O) groups excluding carboxylic acids is 2. The van der Waals surface area contributed by atoms with Crippen molar-refractivity contribution in [3.05, 3.63) is 39.7 Å². The van der Waals surface area contributed by atoms with Crippen LogP contribution in [0.3, 0.4) is 0 Å². The molecule has 6 heteroatoms. The van der Waals surface area contributed by atoms with Crippen molar-refractivity contribution in [2.75, 3.05) is 5.32 Å². The third-order valence-electron chi connectivity index (χ3n) is 13.2. The molecule has 9 atom stereocenters. The maximum atomic E-state index is 13.1. The molecule has 1 aromatic carbocycles. The minimum atomic E-state index is -0.491. The van der Waals surface area contributed by atoms with Crippen LogP contribution in [-0.4, -0.2) is 22.9 Å². The third kappa shape index (κ3) is 5.40. The number of Topliss-reactive ketones (excluding diaryl/α,β-unsaturated/α-hetero) is 1.